The average Bonchev–Trinajstić information content (AvgIpc) is 3.05. The maximum absolute atomic E-state index is 13.1. The molecule has 1 aromatic carbocycles. The predicted octanol–water partition coefficient (Wildman–Crippen LogP) is 1.93. The number of benzene rings is 1. The summed E-state index contributed by atoms with van der Waals surface area (Å²) in [4.78, 5) is 34.3. The number of anilines is 1. The molecule has 8 heteroatoms. The van der Waals surface area contributed by atoms with Gasteiger partial charge in [0.05, 0.1) is 12.2 Å². The highest BCUT2D eigenvalue weighted by atomic mass is 19.1. The SMILES string of the molecule is Cc1cn2c(n1)CCC(CN(C)c1cc(=O)n(Cc3ccc(F)cc3)c(=O)[nH]1)C2. The van der Waals surface area contributed by atoms with Crippen LogP contribution in [-0.4, -0.2) is 32.7 Å². The number of H-pyrrole nitrogens is 1. The van der Waals surface area contributed by atoms with Crippen molar-refractivity contribution in [3.05, 3.63) is 80.3 Å². The Balaban J connectivity index is 1.48. The molecule has 3 heterocycles. The van der Waals surface area contributed by atoms with Gasteiger partial charge in [-0.3, -0.25) is 14.3 Å². The fourth-order valence-corrected chi connectivity index (χ4v) is 3.93. The molecule has 1 atom stereocenters. The first-order chi connectivity index (χ1) is 13.9. The number of aromatic amines is 1. The molecule has 0 amide bonds. The number of hydrogen-bond acceptors (Lipinski definition) is 4. The van der Waals surface area contributed by atoms with Gasteiger partial charge in [-0.1, -0.05) is 12.1 Å². The van der Waals surface area contributed by atoms with Gasteiger partial charge in [0.2, 0.25) is 0 Å². The predicted molar refractivity (Wildman–Crippen MR) is 109 cm³/mol. The van der Waals surface area contributed by atoms with Crippen molar-refractivity contribution in [1.29, 1.82) is 0 Å². The van der Waals surface area contributed by atoms with Crippen LogP contribution in [0.4, 0.5) is 10.2 Å². The molecular formula is C21H24FN5O2. The van der Waals surface area contributed by atoms with E-state index in [1.807, 2.05) is 18.9 Å². The van der Waals surface area contributed by atoms with E-state index in [2.05, 4.69) is 20.7 Å². The molecule has 0 bridgehead atoms. The van der Waals surface area contributed by atoms with Gasteiger partial charge in [0.1, 0.15) is 17.5 Å². The Morgan fingerprint density at radius 3 is 2.76 bits per heavy atom. The highest BCUT2D eigenvalue weighted by molar-refractivity contribution is 5.35. The summed E-state index contributed by atoms with van der Waals surface area (Å²) in [5.74, 6) is 1.68. The van der Waals surface area contributed by atoms with Gasteiger partial charge < -0.3 is 9.47 Å². The van der Waals surface area contributed by atoms with Crippen LogP contribution in [-0.2, 0) is 19.5 Å². The molecule has 1 unspecified atom stereocenters. The minimum atomic E-state index is -0.472. The number of nitrogens with one attached hydrogen (secondary N) is 1. The molecule has 29 heavy (non-hydrogen) atoms. The number of imidazole rings is 1. The zero-order chi connectivity index (χ0) is 20.5. The highest BCUT2D eigenvalue weighted by Crippen LogP contribution is 2.21. The van der Waals surface area contributed by atoms with E-state index in [-0.39, 0.29) is 17.9 Å². The van der Waals surface area contributed by atoms with Crippen LogP contribution >= 0.6 is 0 Å². The second-order valence-corrected chi connectivity index (χ2v) is 7.75. The molecule has 0 spiro atoms. The third-order valence-corrected chi connectivity index (χ3v) is 5.41. The van der Waals surface area contributed by atoms with E-state index in [4.69, 9.17) is 0 Å². The van der Waals surface area contributed by atoms with Gasteiger partial charge in [0.25, 0.3) is 5.56 Å². The Labute approximate surface area is 167 Å². The lowest BCUT2D eigenvalue weighted by molar-refractivity contribution is 0.368. The molecule has 0 saturated heterocycles. The summed E-state index contributed by atoms with van der Waals surface area (Å²) >= 11 is 0. The summed E-state index contributed by atoms with van der Waals surface area (Å²) < 4.78 is 16.4. The molecule has 0 saturated carbocycles. The zero-order valence-electron chi connectivity index (χ0n) is 16.6. The largest absolute Gasteiger partial charge is 0.361 e. The second-order valence-electron chi connectivity index (χ2n) is 7.75. The van der Waals surface area contributed by atoms with Crippen molar-refractivity contribution in [1.82, 2.24) is 19.1 Å². The van der Waals surface area contributed by atoms with Crippen LogP contribution in [0.3, 0.4) is 0 Å². The van der Waals surface area contributed by atoms with Crippen molar-refractivity contribution < 1.29 is 4.39 Å². The molecule has 4 rings (SSSR count). The van der Waals surface area contributed by atoms with Crippen LogP contribution in [0.15, 0.2) is 46.1 Å². The van der Waals surface area contributed by atoms with E-state index in [9.17, 15) is 14.0 Å². The molecule has 0 aliphatic carbocycles. The lowest BCUT2D eigenvalue weighted by Gasteiger charge is -2.29. The van der Waals surface area contributed by atoms with Gasteiger partial charge >= 0.3 is 5.69 Å². The molecule has 3 aromatic rings. The van der Waals surface area contributed by atoms with Gasteiger partial charge in [-0.05, 0) is 37.0 Å². The minimum Gasteiger partial charge on any atom is -0.361 e. The van der Waals surface area contributed by atoms with Crippen molar-refractivity contribution in [2.24, 2.45) is 5.92 Å². The van der Waals surface area contributed by atoms with Crippen molar-refractivity contribution in [3.63, 3.8) is 0 Å². The van der Waals surface area contributed by atoms with Crippen LogP contribution in [0.25, 0.3) is 0 Å². The Kier molecular flexibility index (Phi) is 5.08. The Morgan fingerprint density at radius 1 is 1.28 bits per heavy atom. The maximum Gasteiger partial charge on any atom is 0.330 e. The third kappa shape index (κ3) is 4.16. The zero-order valence-corrected chi connectivity index (χ0v) is 16.6. The molecule has 7 nitrogen and oxygen atoms in total. The molecular weight excluding hydrogens is 373 g/mol. The third-order valence-electron chi connectivity index (χ3n) is 5.41. The Bertz CT molecular complexity index is 1100. The first-order valence-electron chi connectivity index (χ1n) is 9.71. The van der Waals surface area contributed by atoms with Gasteiger partial charge in [0, 0.05) is 38.8 Å². The average molecular weight is 397 g/mol. The molecule has 152 valence electrons. The van der Waals surface area contributed by atoms with E-state index in [1.54, 1.807) is 12.1 Å². The van der Waals surface area contributed by atoms with Gasteiger partial charge in [-0.25, -0.2) is 14.2 Å². The van der Waals surface area contributed by atoms with E-state index in [0.29, 0.717) is 17.3 Å². The van der Waals surface area contributed by atoms with E-state index < -0.39 is 5.69 Å². The van der Waals surface area contributed by atoms with Crippen molar-refractivity contribution in [2.45, 2.75) is 32.9 Å². The summed E-state index contributed by atoms with van der Waals surface area (Å²) in [5.41, 5.74) is 0.868. The number of nitrogens with zero attached hydrogens (tertiary/aromatic N) is 4. The summed E-state index contributed by atoms with van der Waals surface area (Å²) in [5, 5.41) is 0. The van der Waals surface area contributed by atoms with Gasteiger partial charge in [-0.2, -0.15) is 0 Å². The monoisotopic (exact) mass is 397 g/mol. The fourth-order valence-electron chi connectivity index (χ4n) is 3.93. The first-order valence-corrected chi connectivity index (χ1v) is 9.71. The van der Waals surface area contributed by atoms with Crippen molar-refractivity contribution in [3.8, 4) is 0 Å². The lowest BCUT2D eigenvalue weighted by atomic mass is 9.99. The van der Waals surface area contributed by atoms with Crippen LogP contribution in [0.5, 0.6) is 0 Å². The summed E-state index contributed by atoms with van der Waals surface area (Å²) in [6.07, 6.45) is 4.02. The van der Waals surface area contributed by atoms with E-state index in [0.717, 1.165) is 42.0 Å². The van der Waals surface area contributed by atoms with E-state index in [1.165, 1.54) is 18.2 Å². The molecule has 1 aliphatic heterocycles. The normalized spacial score (nSPS) is 15.9. The molecule has 1 N–H and O–H groups in total. The Morgan fingerprint density at radius 2 is 2.03 bits per heavy atom. The number of aryl methyl sites for hydroxylation is 2. The maximum atomic E-state index is 13.1. The molecule has 0 fully saturated rings. The van der Waals surface area contributed by atoms with Crippen LogP contribution < -0.4 is 16.1 Å². The number of rotatable bonds is 5. The van der Waals surface area contributed by atoms with Crippen molar-refractivity contribution in [2.75, 3.05) is 18.5 Å². The standard InChI is InChI=1S/C21H24FN5O2/c1-14-10-26-12-16(5-8-18(26)23-14)11-25(2)19-9-20(28)27(21(29)24-19)13-15-3-6-17(22)7-4-15/h3-4,6-7,9-10,16H,5,8,11-13H2,1-2H3,(H,24,29). The quantitative estimate of drug-likeness (QED) is 0.714. The molecule has 0 radical (unpaired) electrons. The Hall–Kier alpha value is -3.16. The summed E-state index contributed by atoms with van der Waals surface area (Å²) in [7, 11) is 1.88. The molecule has 1 aliphatic rings. The second kappa shape index (κ2) is 7.69. The highest BCUT2D eigenvalue weighted by Gasteiger charge is 2.21. The number of fused-ring (bicyclic) bond motifs is 1. The number of hydrogen-bond donors (Lipinski definition) is 1. The number of aromatic nitrogens is 4. The first kappa shape index (κ1) is 19.2. The van der Waals surface area contributed by atoms with E-state index >= 15 is 0 Å². The van der Waals surface area contributed by atoms with Crippen molar-refractivity contribution >= 4 is 5.82 Å². The fraction of sp³-hybridized carbons (Fsp3) is 0.381. The summed E-state index contributed by atoms with van der Waals surface area (Å²) in [6.45, 7) is 3.71. The smallest absolute Gasteiger partial charge is 0.330 e. The van der Waals surface area contributed by atoms with Crippen LogP contribution in [0.2, 0.25) is 0 Å². The van der Waals surface area contributed by atoms with Crippen LogP contribution in [0.1, 0.15) is 23.5 Å². The van der Waals surface area contributed by atoms with Gasteiger partial charge in [0.15, 0.2) is 0 Å². The lowest BCUT2D eigenvalue weighted by Crippen LogP contribution is -2.38. The number of halogens is 1. The van der Waals surface area contributed by atoms with Gasteiger partial charge in [-0.15, -0.1) is 0 Å². The topological polar surface area (TPSA) is 75.9 Å². The molecule has 2 aromatic heterocycles. The minimum absolute atomic E-state index is 0.101. The summed E-state index contributed by atoms with van der Waals surface area (Å²) in [6, 6.07) is 7.20. The van der Waals surface area contributed by atoms with Crippen LogP contribution in [0, 0.1) is 18.7 Å².